The van der Waals surface area contributed by atoms with E-state index in [1.807, 2.05) is 0 Å². The molecule has 0 bridgehead atoms. The molecule has 2 saturated carbocycles. The van der Waals surface area contributed by atoms with Gasteiger partial charge in [0.2, 0.25) is 29.5 Å². The van der Waals surface area contributed by atoms with E-state index >= 15 is 0 Å². The van der Waals surface area contributed by atoms with E-state index < -0.39 is 59.7 Å². The molecule has 20 nitrogen and oxygen atoms in total. The third kappa shape index (κ3) is 19.6. The molecular weight excluding hydrogens is 722 g/mol. The molecule has 0 spiro atoms. The number of primary amides is 1. The lowest BCUT2D eigenvalue weighted by molar-refractivity contribution is -0.135. The van der Waals surface area contributed by atoms with Crippen LogP contribution in [-0.2, 0) is 24.0 Å². The fourth-order valence-corrected chi connectivity index (χ4v) is 7.28. The summed E-state index contributed by atoms with van der Waals surface area (Å²) >= 11 is 0. The zero-order chi connectivity index (χ0) is 41.5. The van der Waals surface area contributed by atoms with Gasteiger partial charge < -0.3 is 67.1 Å². The predicted molar refractivity (Wildman–Crippen MR) is 217 cm³/mol. The van der Waals surface area contributed by atoms with Crippen molar-refractivity contribution < 1.29 is 24.0 Å². The van der Waals surface area contributed by atoms with Crippen LogP contribution in [0.3, 0.4) is 0 Å². The standard InChI is InChI=1S/C36H69N15O5/c37-24(14-7-17-45-34(39)40)30(53)50-27(20-22-10-3-1-4-11-22)33(56)49-26(16-9-19-47-36(43)44)31(54)51-28(21-23-12-5-2-6-13-23)32(55)48-25(29(38)52)15-8-18-46-35(41)42/h22-28H,1-21,37H2,(H2,38,52)(H,48,55)(H,49,56)(H,50,53)(H,51,54)(H4,39,40,45)(H4,41,42,46)(H4,43,44,47)/t24-,25+,26+,27-,28-/m0/s1. The highest BCUT2D eigenvalue weighted by Gasteiger charge is 2.34. The highest BCUT2D eigenvalue weighted by Crippen LogP contribution is 2.29. The third-order valence-electron chi connectivity index (χ3n) is 10.3. The monoisotopic (exact) mass is 792 g/mol. The molecule has 20 heteroatoms. The Morgan fingerprint density at radius 1 is 0.464 bits per heavy atom. The molecule has 0 radical (unpaired) electrons. The first-order chi connectivity index (χ1) is 26.7. The Morgan fingerprint density at radius 2 is 0.804 bits per heavy atom. The third-order valence-corrected chi connectivity index (χ3v) is 10.3. The maximum atomic E-state index is 14.1. The van der Waals surface area contributed by atoms with Crippen molar-refractivity contribution in [2.45, 2.75) is 146 Å². The number of amides is 5. The first-order valence-electron chi connectivity index (χ1n) is 20.1. The van der Waals surface area contributed by atoms with Crippen LogP contribution in [0.15, 0.2) is 15.0 Å². The number of nitrogens with one attached hydrogen (secondary N) is 4. The fraction of sp³-hybridized carbons (Fsp3) is 0.778. The Morgan fingerprint density at radius 3 is 1.21 bits per heavy atom. The first-order valence-corrected chi connectivity index (χ1v) is 20.1. The number of nitrogens with two attached hydrogens (primary N) is 8. The minimum atomic E-state index is -1.12. The van der Waals surface area contributed by atoms with E-state index in [1.165, 1.54) is 0 Å². The Labute approximate surface area is 330 Å². The van der Waals surface area contributed by atoms with Crippen molar-refractivity contribution in [1.29, 1.82) is 0 Å². The van der Waals surface area contributed by atoms with Crippen LogP contribution in [-0.4, -0.2) is 97.3 Å². The molecule has 0 saturated heterocycles. The van der Waals surface area contributed by atoms with E-state index in [2.05, 4.69) is 36.2 Å². The van der Waals surface area contributed by atoms with E-state index in [0.717, 1.165) is 64.2 Å². The Bertz CT molecular complexity index is 1340. The second kappa shape index (κ2) is 26.1. The number of guanidine groups is 3. The van der Waals surface area contributed by atoms with Gasteiger partial charge in [-0.05, 0) is 63.2 Å². The summed E-state index contributed by atoms with van der Waals surface area (Å²) in [6.45, 7) is 0.721. The summed E-state index contributed by atoms with van der Waals surface area (Å²) in [5.41, 5.74) is 44.5. The molecule has 0 heterocycles. The average molecular weight is 792 g/mol. The lowest BCUT2D eigenvalue weighted by Crippen LogP contribution is -2.59. The van der Waals surface area contributed by atoms with E-state index in [0.29, 0.717) is 38.6 Å². The molecule has 0 aromatic heterocycles. The molecule has 0 aromatic carbocycles. The Kier molecular flexibility index (Phi) is 22.0. The van der Waals surface area contributed by atoms with Gasteiger partial charge in [-0.1, -0.05) is 64.2 Å². The van der Waals surface area contributed by atoms with Gasteiger partial charge in [-0.25, -0.2) is 0 Å². The number of hydrogen-bond acceptors (Lipinski definition) is 9. The van der Waals surface area contributed by atoms with E-state index in [1.54, 1.807) is 0 Å². The molecule has 2 aliphatic rings. The summed E-state index contributed by atoms with van der Waals surface area (Å²) < 4.78 is 0. The molecule has 5 atom stereocenters. The lowest BCUT2D eigenvalue weighted by atomic mass is 9.84. The molecule has 0 unspecified atom stereocenters. The maximum absolute atomic E-state index is 14.1. The van der Waals surface area contributed by atoms with Crippen molar-refractivity contribution in [3.63, 3.8) is 0 Å². The van der Waals surface area contributed by atoms with Gasteiger partial charge in [0, 0.05) is 19.6 Å². The minimum Gasteiger partial charge on any atom is -0.370 e. The molecule has 20 N–H and O–H groups in total. The van der Waals surface area contributed by atoms with Crippen molar-refractivity contribution in [1.82, 2.24) is 21.3 Å². The van der Waals surface area contributed by atoms with Crippen LogP contribution in [0.1, 0.15) is 116 Å². The van der Waals surface area contributed by atoms with Crippen LogP contribution in [0, 0.1) is 11.8 Å². The summed E-state index contributed by atoms with van der Waals surface area (Å²) in [4.78, 5) is 79.5. The quantitative estimate of drug-likeness (QED) is 0.0267. The lowest BCUT2D eigenvalue weighted by Gasteiger charge is -2.30. The van der Waals surface area contributed by atoms with E-state index in [-0.39, 0.29) is 62.1 Å². The molecule has 5 amide bonds. The van der Waals surface area contributed by atoms with E-state index in [9.17, 15) is 24.0 Å². The smallest absolute Gasteiger partial charge is 0.243 e. The maximum Gasteiger partial charge on any atom is 0.243 e. The van der Waals surface area contributed by atoms with Gasteiger partial charge in [0.05, 0.1) is 6.04 Å². The van der Waals surface area contributed by atoms with Crippen molar-refractivity contribution in [3.8, 4) is 0 Å². The van der Waals surface area contributed by atoms with E-state index in [4.69, 9.17) is 45.9 Å². The zero-order valence-electron chi connectivity index (χ0n) is 32.9. The fourth-order valence-electron chi connectivity index (χ4n) is 7.28. The molecule has 0 aliphatic heterocycles. The van der Waals surface area contributed by atoms with Crippen LogP contribution < -0.4 is 67.1 Å². The van der Waals surface area contributed by atoms with Crippen LogP contribution in [0.2, 0.25) is 0 Å². The Hall–Kier alpha value is -4.88. The molecule has 0 aromatic rings. The van der Waals surface area contributed by atoms with Crippen LogP contribution in [0.4, 0.5) is 0 Å². The SMILES string of the molecule is NC(=O)[C@@H](CCCN=C(N)N)NC(=O)[C@H](CC1CCCCC1)NC(=O)[C@@H](CCCN=C(N)N)NC(=O)[C@H](CC1CCCCC1)NC(=O)[C@@H](N)CCCN=C(N)N. The van der Waals surface area contributed by atoms with Crippen molar-refractivity contribution in [2.75, 3.05) is 19.6 Å². The van der Waals surface area contributed by atoms with Gasteiger partial charge in [-0.3, -0.25) is 38.9 Å². The molecule has 56 heavy (non-hydrogen) atoms. The zero-order valence-corrected chi connectivity index (χ0v) is 32.9. The average Bonchev–Trinajstić information content (AvgIpc) is 3.15. The second-order valence-corrected chi connectivity index (χ2v) is 15.1. The van der Waals surface area contributed by atoms with Gasteiger partial charge >= 0.3 is 0 Å². The summed E-state index contributed by atoms with van der Waals surface area (Å²) in [6.07, 6.45) is 12.2. The number of hydrogen-bond donors (Lipinski definition) is 12. The molecule has 2 aliphatic carbocycles. The van der Waals surface area contributed by atoms with Crippen molar-refractivity contribution in [3.05, 3.63) is 0 Å². The van der Waals surface area contributed by atoms with Gasteiger partial charge in [0.25, 0.3) is 0 Å². The molecule has 2 rings (SSSR count). The van der Waals surface area contributed by atoms with Gasteiger partial charge in [-0.15, -0.1) is 0 Å². The first kappa shape index (κ1) is 47.3. The summed E-state index contributed by atoms with van der Waals surface area (Å²) in [7, 11) is 0. The molecule has 2 fully saturated rings. The topological polar surface area (TPSA) is 379 Å². The van der Waals surface area contributed by atoms with Crippen molar-refractivity contribution in [2.24, 2.45) is 72.7 Å². The number of nitrogens with zero attached hydrogens (tertiary/aromatic N) is 3. The van der Waals surface area contributed by atoms with Gasteiger partial charge in [-0.2, -0.15) is 0 Å². The number of carbonyl (C=O) groups excluding carboxylic acids is 5. The summed E-state index contributed by atoms with van der Waals surface area (Å²) in [6, 6.07) is -5.07. The van der Waals surface area contributed by atoms with Crippen LogP contribution in [0.25, 0.3) is 0 Å². The van der Waals surface area contributed by atoms with Gasteiger partial charge in [0.15, 0.2) is 17.9 Å². The second-order valence-electron chi connectivity index (χ2n) is 15.1. The van der Waals surface area contributed by atoms with Gasteiger partial charge in [0.1, 0.15) is 24.2 Å². The summed E-state index contributed by atoms with van der Waals surface area (Å²) in [5.74, 6) is -2.92. The normalized spacial score (nSPS) is 17.4. The predicted octanol–water partition coefficient (Wildman–Crippen LogP) is -2.16. The minimum absolute atomic E-state index is 0.0593. The largest absolute Gasteiger partial charge is 0.370 e. The number of rotatable bonds is 25. The molecule has 318 valence electrons. The molecular formula is C36H69N15O5. The highest BCUT2D eigenvalue weighted by atomic mass is 16.2. The highest BCUT2D eigenvalue weighted by molar-refractivity contribution is 5.95. The summed E-state index contributed by atoms with van der Waals surface area (Å²) in [5, 5.41) is 11.3. The van der Waals surface area contributed by atoms with Crippen molar-refractivity contribution >= 4 is 47.4 Å². The van der Waals surface area contributed by atoms with Crippen LogP contribution in [0.5, 0.6) is 0 Å². The number of carbonyl (C=O) groups is 5. The van der Waals surface area contributed by atoms with Crippen LogP contribution >= 0.6 is 0 Å². The number of aliphatic imine (C=N–C) groups is 3. The Balaban J connectivity index is 2.31.